The van der Waals surface area contributed by atoms with Crippen LogP contribution >= 0.6 is 0 Å². The summed E-state index contributed by atoms with van der Waals surface area (Å²) in [6, 6.07) is 6.31. The molecule has 1 aromatic carbocycles. The number of benzene rings is 1. The molecule has 0 unspecified atom stereocenters. The molecule has 2 rings (SSSR count). The number of fused-ring (bicyclic) bond motifs is 1. The second-order valence-electron chi connectivity index (χ2n) is 4.28. The van der Waals surface area contributed by atoms with Crippen molar-refractivity contribution in [3.8, 4) is 0 Å². The van der Waals surface area contributed by atoms with Gasteiger partial charge in [-0.15, -0.1) is 0 Å². The van der Waals surface area contributed by atoms with E-state index in [-0.39, 0.29) is 17.3 Å². The Morgan fingerprint density at radius 3 is 2.67 bits per heavy atom. The fraction of sp³-hybridized carbons (Fsp3) is 0.308. The summed E-state index contributed by atoms with van der Waals surface area (Å²) in [6.45, 7) is 3.94. The maximum absolute atomic E-state index is 12.2. The number of nitrogens with zero attached hydrogens (tertiary/aromatic N) is 2. The van der Waals surface area contributed by atoms with Crippen LogP contribution in [0.3, 0.4) is 0 Å². The normalized spacial score (nSPS) is 12.6. The number of aromatic nitrogens is 1. The summed E-state index contributed by atoms with van der Waals surface area (Å²) < 4.78 is 1.62. The Labute approximate surface area is 104 Å². The van der Waals surface area contributed by atoms with Gasteiger partial charge in [-0.1, -0.05) is 13.0 Å². The summed E-state index contributed by atoms with van der Waals surface area (Å²) in [4.78, 5) is 22.7. The summed E-state index contributed by atoms with van der Waals surface area (Å²) in [6.07, 6.45) is 2.46. The van der Waals surface area contributed by atoms with Gasteiger partial charge in [-0.3, -0.25) is 14.9 Å². The zero-order valence-corrected chi connectivity index (χ0v) is 10.3. The van der Waals surface area contributed by atoms with Crippen molar-refractivity contribution < 1.29 is 4.92 Å². The number of non-ortho nitro benzene ring substituents is 1. The van der Waals surface area contributed by atoms with Gasteiger partial charge in [0.05, 0.1) is 15.7 Å². The summed E-state index contributed by atoms with van der Waals surface area (Å²) in [7, 11) is 0. The minimum atomic E-state index is -0.463. The molecule has 0 amide bonds. The van der Waals surface area contributed by atoms with Crippen LogP contribution < -0.4 is 5.56 Å². The Balaban J connectivity index is 2.78. The largest absolute Gasteiger partial charge is 0.312 e. The molecule has 0 aliphatic heterocycles. The molecule has 1 aromatic heterocycles. The van der Waals surface area contributed by atoms with Crippen LogP contribution in [0.5, 0.6) is 0 Å². The summed E-state index contributed by atoms with van der Waals surface area (Å²) in [5, 5.41) is 11.7. The summed E-state index contributed by atoms with van der Waals surface area (Å²) in [5.41, 5.74) is -0.202. The smallest absolute Gasteiger partial charge is 0.277 e. The highest BCUT2D eigenvalue weighted by Gasteiger charge is 2.15. The molecule has 1 atom stereocenters. The highest BCUT2D eigenvalue weighted by atomic mass is 16.6. The Bertz CT molecular complexity index is 661. The SMILES string of the molecule is CC[C@H](C)n1ccc2c([N+](=O)[O-])cccc2c1=O. The Kier molecular flexibility index (Phi) is 3.14. The van der Waals surface area contributed by atoms with Crippen molar-refractivity contribution in [2.24, 2.45) is 0 Å². The van der Waals surface area contributed by atoms with Crippen molar-refractivity contribution in [3.63, 3.8) is 0 Å². The fourth-order valence-corrected chi connectivity index (χ4v) is 1.98. The third-order valence-corrected chi connectivity index (χ3v) is 3.21. The zero-order valence-electron chi connectivity index (χ0n) is 10.3. The monoisotopic (exact) mass is 246 g/mol. The van der Waals surface area contributed by atoms with E-state index in [0.29, 0.717) is 10.8 Å². The highest BCUT2D eigenvalue weighted by Crippen LogP contribution is 2.23. The second kappa shape index (κ2) is 4.60. The summed E-state index contributed by atoms with van der Waals surface area (Å²) >= 11 is 0. The van der Waals surface area contributed by atoms with Gasteiger partial charge in [0, 0.05) is 18.3 Å². The molecule has 1 heterocycles. The van der Waals surface area contributed by atoms with E-state index in [1.165, 1.54) is 6.07 Å². The van der Waals surface area contributed by atoms with Gasteiger partial charge in [0.15, 0.2) is 0 Å². The molecule has 94 valence electrons. The van der Waals surface area contributed by atoms with Crippen LogP contribution in [0.1, 0.15) is 26.3 Å². The number of pyridine rings is 1. The molecule has 0 radical (unpaired) electrons. The van der Waals surface area contributed by atoms with E-state index in [1.54, 1.807) is 29.0 Å². The first kappa shape index (κ1) is 12.3. The van der Waals surface area contributed by atoms with Crippen molar-refractivity contribution in [1.82, 2.24) is 4.57 Å². The van der Waals surface area contributed by atoms with E-state index in [1.807, 2.05) is 13.8 Å². The maximum atomic E-state index is 12.2. The van der Waals surface area contributed by atoms with Crippen molar-refractivity contribution >= 4 is 16.5 Å². The molecular weight excluding hydrogens is 232 g/mol. The molecule has 5 heteroatoms. The van der Waals surface area contributed by atoms with Crippen LogP contribution in [0.25, 0.3) is 10.8 Å². The molecule has 5 nitrogen and oxygen atoms in total. The predicted octanol–water partition coefficient (Wildman–Crippen LogP) is 2.88. The quantitative estimate of drug-likeness (QED) is 0.617. The third kappa shape index (κ3) is 1.88. The van der Waals surface area contributed by atoms with E-state index in [2.05, 4.69) is 0 Å². The molecule has 0 aliphatic rings. The van der Waals surface area contributed by atoms with Crippen LogP contribution in [0.15, 0.2) is 35.3 Å². The predicted molar refractivity (Wildman–Crippen MR) is 69.9 cm³/mol. The lowest BCUT2D eigenvalue weighted by Crippen LogP contribution is -2.22. The molecule has 2 aromatic rings. The first-order valence-electron chi connectivity index (χ1n) is 5.84. The Hall–Kier alpha value is -2.17. The van der Waals surface area contributed by atoms with Gasteiger partial charge in [0.25, 0.3) is 11.2 Å². The topological polar surface area (TPSA) is 65.1 Å². The average molecular weight is 246 g/mol. The summed E-state index contributed by atoms with van der Waals surface area (Å²) in [5.74, 6) is 0. The molecule has 0 aliphatic carbocycles. The van der Waals surface area contributed by atoms with E-state index in [0.717, 1.165) is 6.42 Å². The molecule has 0 N–H and O–H groups in total. The number of hydrogen-bond donors (Lipinski definition) is 0. The van der Waals surface area contributed by atoms with Gasteiger partial charge >= 0.3 is 0 Å². The van der Waals surface area contributed by atoms with E-state index in [9.17, 15) is 14.9 Å². The minimum Gasteiger partial charge on any atom is -0.312 e. The maximum Gasteiger partial charge on any atom is 0.277 e. The molecule has 0 fully saturated rings. The standard InChI is InChI=1S/C13H14N2O3/c1-3-9(2)14-8-7-10-11(13(14)16)5-4-6-12(10)15(17)18/h4-9H,3H2,1-2H3/t9-/m0/s1. The van der Waals surface area contributed by atoms with Crippen LogP contribution in [0, 0.1) is 10.1 Å². The fourth-order valence-electron chi connectivity index (χ4n) is 1.98. The van der Waals surface area contributed by atoms with Crippen molar-refractivity contribution in [3.05, 3.63) is 50.9 Å². The van der Waals surface area contributed by atoms with Gasteiger partial charge in [-0.25, -0.2) is 0 Å². The lowest BCUT2D eigenvalue weighted by molar-refractivity contribution is -0.383. The zero-order chi connectivity index (χ0) is 13.3. The Morgan fingerprint density at radius 2 is 2.06 bits per heavy atom. The second-order valence-corrected chi connectivity index (χ2v) is 4.28. The molecule has 0 saturated carbocycles. The van der Waals surface area contributed by atoms with E-state index >= 15 is 0 Å². The first-order chi connectivity index (χ1) is 8.56. The van der Waals surface area contributed by atoms with Crippen molar-refractivity contribution in [1.29, 1.82) is 0 Å². The minimum absolute atomic E-state index is 0.0269. The van der Waals surface area contributed by atoms with Crippen LogP contribution in [-0.2, 0) is 0 Å². The van der Waals surface area contributed by atoms with Crippen molar-refractivity contribution in [2.75, 3.05) is 0 Å². The van der Waals surface area contributed by atoms with Gasteiger partial charge in [0.1, 0.15) is 0 Å². The number of hydrogen-bond acceptors (Lipinski definition) is 3. The molecule has 0 spiro atoms. The van der Waals surface area contributed by atoms with Gasteiger partial charge in [0.2, 0.25) is 0 Å². The highest BCUT2D eigenvalue weighted by molar-refractivity contribution is 5.89. The Morgan fingerprint density at radius 1 is 1.33 bits per heavy atom. The van der Waals surface area contributed by atoms with Gasteiger partial charge in [-0.2, -0.15) is 0 Å². The van der Waals surface area contributed by atoms with Crippen LogP contribution in [0.2, 0.25) is 0 Å². The molecule has 0 bridgehead atoms. The van der Waals surface area contributed by atoms with Gasteiger partial charge in [-0.05, 0) is 25.5 Å². The van der Waals surface area contributed by atoms with E-state index < -0.39 is 4.92 Å². The van der Waals surface area contributed by atoms with Gasteiger partial charge < -0.3 is 4.57 Å². The van der Waals surface area contributed by atoms with Crippen LogP contribution in [-0.4, -0.2) is 9.49 Å². The molecular formula is C13H14N2O3. The van der Waals surface area contributed by atoms with E-state index in [4.69, 9.17) is 0 Å². The molecule has 0 saturated heterocycles. The van der Waals surface area contributed by atoms with Crippen molar-refractivity contribution in [2.45, 2.75) is 26.3 Å². The molecule has 18 heavy (non-hydrogen) atoms. The lowest BCUT2D eigenvalue weighted by Gasteiger charge is -2.13. The lowest BCUT2D eigenvalue weighted by atomic mass is 10.1. The number of rotatable bonds is 3. The number of nitro groups is 1. The third-order valence-electron chi connectivity index (χ3n) is 3.21. The van der Waals surface area contributed by atoms with Crippen LogP contribution in [0.4, 0.5) is 5.69 Å². The number of nitro benzene ring substituents is 1. The average Bonchev–Trinajstić information content (AvgIpc) is 2.37. The first-order valence-corrected chi connectivity index (χ1v) is 5.84.